The molecule has 0 saturated heterocycles. The molecule has 2 N–H and O–H groups in total. The van der Waals surface area contributed by atoms with E-state index in [-0.39, 0.29) is 0 Å². The van der Waals surface area contributed by atoms with E-state index in [9.17, 15) is 0 Å². The Morgan fingerprint density at radius 2 is 1.76 bits per heavy atom. The predicted octanol–water partition coefficient (Wildman–Crippen LogP) is 3.99. The van der Waals surface area contributed by atoms with Crippen LogP contribution in [-0.4, -0.2) is 66.5 Å². The normalized spacial score (nSPS) is 11.8. The molecule has 1 aromatic carbocycles. The van der Waals surface area contributed by atoms with E-state index in [4.69, 9.17) is 4.99 Å². The molecular weight excluding hydrogens is 360 g/mol. The first-order valence-electron chi connectivity index (χ1n) is 10.8. The topological polar surface area (TPSA) is 59.6 Å². The summed E-state index contributed by atoms with van der Waals surface area (Å²) in [6.45, 7) is 5.72. The van der Waals surface area contributed by atoms with Crippen molar-refractivity contribution < 1.29 is 0 Å². The summed E-state index contributed by atoms with van der Waals surface area (Å²) in [6, 6.07) is 10.3. The van der Waals surface area contributed by atoms with Crippen LogP contribution in [0.25, 0.3) is 11.3 Å². The van der Waals surface area contributed by atoms with Crippen molar-refractivity contribution in [3.63, 3.8) is 0 Å². The van der Waals surface area contributed by atoms with Crippen LogP contribution in [0.1, 0.15) is 44.9 Å². The number of nitrogens with zero attached hydrogens (tertiary/aromatic N) is 4. The number of guanidine groups is 1. The molecule has 2 rings (SSSR count). The van der Waals surface area contributed by atoms with Crippen LogP contribution >= 0.6 is 0 Å². The zero-order chi connectivity index (χ0) is 20.9. The summed E-state index contributed by atoms with van der Waals surface area (Å²) < 4.78 is 0. The smallest absolute Gasteiger partial charge is 0.194 e. The Kier molecular flexibility index (Phi) is 10.3. The molecule has 0 unspecified atom stereocenters. The number of hydrogen-bond donors (Lipinski definition) is 2. The number of rotatable bonds is 12. The SMILES string of the molecule is CCNC(=NCCCCCCCN(C)C)N(C)Cc1ncc(-c2ccccc2)[nH]1. The van der Waals surface area contributed by atoms with Gasteiger partial charge in [0.25, 0.3) is 0 Å². The minimum Gasteiger partial charge on any atom is -0.357 e. The number of hydrogen-bond acceptors (Lipinski definition) is 3. The lowest BCUT2D eigenvalue weighted by Gasteiger charge is -2.21. The summed E-state index contributed by atoms with van der Waals surface area (Å²) in [5.74, 6) is 1.88. The number of aromatic amines is 1. The van der Waals surface area contributed by atoms with Crippen molar-refractivity contribution >= 4 is 5.96 Å². The van der Waals surface area contributed by atoms with Crippen LogP contribution in [0.5, 0.6) is 0 Å². The third kappa shape index (κ3) is 8.69. The maximum Gasteiger partial charge on any atom is 0.194 e. The first-order chi connectivity index (χ1) is 14.1. The van der Waals surface area contributed by atoms with Gasteiger partial charge in [-0.25, -0.2) is 4.98 Å². The van der Waals surface area contributed by atoms with Crippen molar-refractivity contribution in [2.45, 2.75) is 45.6 Å². The van der Waals surface area contributed by atoms with Crippen molar-refractivity contribution in [3.8, 4) is 11.3 Å². The Morgan fingerprint density at radius 1 is 1.03 bits per heavy atom. The molecule has 0 aliphatic rings. The average molecular weight is 399 g/mol. The average Bonchev–Trinajstić information content (AvgIpc) is 3.18. The molecule has 0 saturated carbocycles. The Labute approximate surface area is 176 Å². The van der Waals surface area contributed by atoms with Crippen LogP contribution in [-0.2, 0) is 6.54 Å². The highest BCUT2D eigenvalue weighted by Gasteiger charge is 2.09. The van der Waals surface area contributed by atoms with Gasteiger partial charge in [0, 0.05) is 20.1 Å². The second kappa shape index (κ2) is 13.0. The number of imidazole rings is 1. The maximum absolute atomic E-state index is 4.80. The summed E-state index contributed by atoms with van der Waals surface area (Å²) in [4.78, 5) is 17.2. The minimum atomic E-state index is 0.698. The molecule has 0 atom stereocenters. The molecule has 160 valence electrons. The van der Waals surface area contributed by atoms with Crippen molar-refractivity contribution in [2.24, 2.45) is 4.99 Å². The highest BCUT2D eigenvalue weighted by molar-refractivity contribution is 5.79. The van der Waals surface area contributed by atoms with Gasteiger partial charge in [0.1, 0.15) is 5.82 Å². The van der Waals surface area contributed by atoms with E-state index in [0.29, 0.717) is 6.54 Å². The van der Waals surface area contributed by atoms with Gasteiger partial charge in [0.05, 0.1) is 18.4 Å². The molecule has 0 amide bonds. The lowest BCUT2D eigenvalue weighted by atomic mass is 10.1. The first-order valence-corrected chi connectivity index (χ1v) is 10.8. The van der Waals surface area contributed by atoms with E-state index in [2.05, 4.69) is 65.3 Å². The number of benzene rings is 1. The first kappa shape index (κ1) is 22.9. The van der Waals surface area contributed by atoms with Gasteiger partial charge in [-0.1, -0.05) is 49.6 Å². The number of aliphatic imine (C=N–C) groups is 1. The van der Waals surface area contributed by atoms with E-state index in [1.54, 1.807) is 0 Å². The molecule has 29 heavy (non-hydrogen) atoms. The van der Waals surface area contributed by atoms with Gasteiger partial charge in [-0.15, -0.1) is 0 Å². The summed E-state index contributed by atoms with van der Waals surface area (Å²) in [6.07, 6.45) is 8.19. The highest BCUT2D eigenvalue weighted by Crippen LogP contribution is 2.16. The van der Waals surface area contributed by atoms with Crippen LogP contribution < -0.4 is 5.32 Å². The van der Waals surface area contributed by atoms with Crippen LogP contribution in [0.15, 0.2) is 41.5 Å². The lowest BCUT2D eigenvalue weighted by Crippen LogP contribution is -2.38. The quantitative estimate of drug-likeness (QED) is 0.322. The van der Waals surface area contributed by atoms with Gasteiger partial charge in [-0.2, -0.15) is 0 Å². The molecule has 1 aromatic heterocycles. The van der Waals surface area contributed by atoms with Gasteiger partial charge >= 0.3 is 0 Å². The third-order valence-electron chi connectivity index (χ3n) is 4.82. The summed E-state index contributed by atoms with van der Waals surface area (Å²) >= 11 is 0. The standard InChI is InChI=1S/C23H38N6/c1-5-24-23(25-16-12-7-6-8-13-17-28(2)3)29(4)19-22-26-18-21(27-22)20-14-10-9-11-15-20/h9-11,14-15,18H,5-8,12-13,16-17,19H2,1-4H3,(H,24,25)(H,26,27). The molecule has 6 heteroatoms. The van der Waals surface area contributed by atoms with Crippen molar-refractivity contribution in [2.75, 3.05) is 40.8 Å². The fourth-order valence-corrected chi connectivity index (χ4v) is 3.23. The molecule has 6 nitrogen and oxygen atoms in total. The van der Waals surface area contributed by atoms with Gasteiger partial charge in [0.15, 0.2) is 5.96 Å². The lowest BCUT2D eigenvalue weighted by molar-refractivity contribution is 0.390. The number of nitrogens with one attached hydrogen (secondary N) is 2. The monoisotopic (exact) mass is 398 g/mol. The molecule has 1 heterocycles. The Balaban J connectivity index is 1.79. The van der Waals surface area contributed by atoms with Crippen molar-refractivity contribution in [1.82, 2.24) is 25.1 Å². The molecule has 2 aromatic rings. The van der Waals surface area contributed by atoms with Gasteiger partial charge in [-0.05, 0) is 46.0 Å². The molecule has 0 aliphatic heterocycles. The number of aromatic nitrogens is 2. The molecule has 0 fully saturated rings. The van der Waals surface area contributed by atoms with E-state index in [1.807, 2.05) is 24.4 Å². The Hall–Kier alpha value is -2.34. The molecule has 0 bridgehead atoms. The van der Waals surface area contributed by atoms with E-state index in [1.165, 1.54) is 32.2 Å². The largest absolute Gasteiger partial charge is 0.357 e. The van der Waals surface area contributed by atoms with Crippen LogP contribution in [0, 0.1) is 0 Å². The number of H-pyrrole nitrogens is 1. The van der Waals surface area contributed by atoms with Gasteiger partial charge in [0.2, 0.25) is 0 Å². The minimum absolute atomic E-state index is 0.698. The van der Waals surface area contributed by atoms with Crippen molar-refractivity contribution in [1.29, 1.82) is 0 Å². The Bertz CT molecular complexity index is 707. The van der Waals surface area contributed by atoms with Gasteiger partial charge in [-0.3, -0.25) is 4.99 Å². The summed E-state index contributed by atoms with van der Waals surface area (Å²) in [7, 11) is 6.34. The maximum atomic E-state index is 4.80. The highest BCUT2D eigenvalue weighted by atomic mass is 15.3. The summed E-state index contributed by atoms with van der Waals surface area (Å²) in [5.41, 5.74) is 2.20. The van der Waals surface area contributed by atoms with Crippen LogP contribution in [0.3, 0.4) is 0 Å². The molecular formula is C23H38N6. The van der Waals surface area contributed by atoms with Crippen molar-refractivity contribution in [3.05, 3.63) is 42.4 Å². The predicted molar refractivity (Wildman–Crippen MR) is 123 cm³/mol. The van der Waals surface area contributed by atoms with E-state index >= 15 is 0 Å². The molecule has 0 spiro atoms. The van der Waals surface area contributed by atoms with E-state index < -0.39 is 0 Å². The fourth-order valence-electron chi connectivity index (χ4n) is 3.23. The Morgan fingerprint density at radius 3 is 2.48 bits per heavy atom. The number of unbranched alkanes of at least 4 members (excludes halogenated alkanes) is 4. The fraction of sp³-hybridized carbons (Fsp3) is 0.565. The van der Waals surface area contributed by atoms with E-state index in [0.717, 1.165) is 42.6 Å². The van der Waals surface area contributed by atoms with Gasteiger partial charge < -0.3 is 20.1 Å². The zero-order valence-corrected chi connectivity index (χ0v) is 18.6. The second-order valence-corrected chi connectivity index (χ2v) is 7.77. The van der Waals surface area contributed by atoms with Crippen LogP contribution in [0.2, 0.25) is 0 Å². The summed E-state index contributed by atoms with van der Waals surface area (Å²) in [5, 5.41) is 3.39. The molecule has 0 aliphatic carbocycles. The third-order valence-corrected chi connectivity index (χ3v) is 4.82. The molecule has 0 radical (unpaired) electrons. The van der Waals surface area contributed by atoms with Crippen LogP contribution in [0.4, 0.5) is 0 Å². The zero-order valence-electron chi connectivity index (χ0n) is 18.6. The second-order valence-electron chi connectivity index (χ2n) is 7.77.